The lowest BCUT2D eigenvalue weighted by Gasteiger charge is -2.27. The zero-order valence-electron chi connectivity index (χ0n) is 12.4. The normalized spacial score (nSPS) is 22.1. The van der Waals surface area contributed by atoms with Gasteiger partial charge in [0.2, 0.25) is 0 Å². The predicted octanol–water partition coefficient (Wildman–Crippen LogP) is 4.20. The summed E-state index contributed by atoms with van der Waals surface area (Å²) in [5.74, 6) is 0. The molecule has 1 aliphatic rings. The van der Waals surface area contributed by atoms with Gasteiger partial charge in [-0.05, 0) is 31.9 Å². The Morgan fingerprint density at radius 3 is 2.96 bits per heavy atom. The molecule has 0 spiro atoms. The van der Waals surface area contributed by atoms with E-state index >= 15 is 0 Å². The van der Waals surface area contributed by atoms with Crippen LogP contribution < -0.4 is 5.32 Å². The Hall–Kier alpha value is -1.67. The molecule has 124 valence electrons. The summed E-state index contributed by atoms with van der Waals surface area (Å²) in [6.45, 7) is 2.73. The van der Waals surface area contributed by atoms with Crippen molar-refractivity contribution in [2.24, 2.45) is 0 Å². The number of pyridine rings is 1. The molecular weight excluding hydrogens is 327 g/mol. The van der Waals surface area contributed by atoms with E-state index in [4.69, 9.17) is 4.74 Å². The minimum atomic E-state index is -4.45. The number of aromatic nitrogens is 2. The average molecular weight is 343 g/mol. The van der Waals surface area contributed by atoms with E-state index in [1.54, 1.807) is 5.38 Å². The third-order valence-electron chi connectivity index (χ3n) is 3.66. The number of thiazole rings is 1. The summed E-state index contributed by atoms with van der Waals surface area (Å²) in [5, 5.41) is 5.80. The van der Waals surface area contributed by atoms with Crippen molar-refractivity contribution in [1.82, 2.24) is 9.97 Å². The van der Waals surface area contributed by atoms with E-state index in [1.807, 2.05) is 6.92 Å². The first kappa shape index (κ1) is 16.2. The Balaban J connectivity index is 1.74. The first-order chi connectivity index (χ1) is 10.9. The smallest absolute Gasteiger partial charge is 0.378 e. The van der Waals surface area contributed by atoms with Crippen LogP contribution in [0.15, 0.2) is 23.7 Å². The van der Waals surface area contributed by atoms with Crippen LogP contribution >= 0.6 is 11.3 Å². The van der Waals surface area contributed by atoms with Crippen molar-refractivity contribution in [2.45, 2.75) is 38.1 Å². The first-order valence-corrected chi connectivity index (χ1v) is 8.17. The van der Waals surface area contributed by atoms with E-state index < -0.39 is 11.9 Å². The van der Waals surface area contributed by atoms with Gasteiger partial charge in [-0.1, -0.05) is 0 Å². The number of alkyl halides is 3. The van der Waals surface area contributed by atoms with Gasteiger partial charge in [-0.25, -0.2) is 4.98 Å². The van der Waals surface area contributed by atoms with E-state index in [2.05, 4.69) is 15.3 Å². The van der Waals surface area contributed by atoms with Gasteiger partial charge in [0.25, 0.3) is 0 Å². The average Bonchev–Trinajstić information content (AvgIpc) is 2.95. The molecule has 23 heavy (non-hydrogen) atoms. The van der Waals surface area contributed by atoms with Gasteiger partial charge in [0, 0.05) is 29.8 Å². The highest BCUT2D eigenvalue weighted by Gasteiger charge is 2.32. The second kappa shape index (κ2) is 6.45. The van der Waals surface area contributed by atoms with Crippen LogP contribution in [0.4, 0.5) is 18.3 Å². The fraction of sp³-hybridized carbons (Fsp3) is 0.467. The summed E-state index contributed by atoms with van der Waals surface area (Å²) < 4.78 is 43.7. The highest BCUT2D eigenvalue weighted by Crippen LogP contribution is 2.32. The Bertz CT molecular complexity index is 674. The molecule has 0 bridgehead atoms. The zero-order valence-corrected chi connectivity index (χ0v) is 13.2. The van der Waals surface area contributed by atoms with Crippen molar-refractivity contribution in [3.05, 3.63) is 29.4 Å². The molecule has 2 aromatic rings. The summed E-state index contributed by atoms with van der Waals surface area (Å²) in [7, 11) is 0. The highest BCUT2D eigenvalue weighted by molar-refractivity contribution is 7.14. The molecule has 2 unspecified atom stereocenters. The second-order valence-corrected chi connectivity index (χ2v) is 6.37. The van der Waals surface area contributed by atoms with Crippen LogP contribution in [0.1, 0.15) is 25.5 Å². The molecule has 4 nitrogen and oxygen atoms in total. The number of hydrogen-bond donors (Lipinski definition) is 1. The number of halogens is 3. The maximum absolute atomic E-state index is 12.7. The molecule has 0 aromatic carbocycles. The molecule has 3 rings (SSSR count). The molecule has 2 aromatic heterocycles. The topological polar surface area (TPSA) is 47.0 Å². The lowest BCUT2D eigenvalue weighted by molar-refractivity contribution is -0.141. The van der Waals surface area contributed by atoms with Crippen LogP contribution in [0.2, 0.25) is 0 Å². The van der Waals surface area contributed by atoms with Crippen LogP contribution in [0.5, 0.6) is 0 Å². The molecule has 0 amide bonds. The van der Waals surface area contributed by atoms with E-state index in [-0.39, 0.29) is 12.1 Å². The van der Waals surface area contributed by atoms with Gasteiger partial charge in [0.15, 0.2) is 5.13 Å². The first-order valence-electron chi connectivity index (χ1n) is 7.29. The van der Waals surface area contributed by atoms with Gasteiger partial charge >= 0.3 is 6.18 Å². The largest absolute Gasteiger partial charge is 0.433 e. The maximum atomic E-state index is 12.7. The van der Waals surface area contributed by atoms with Crippen LogP contribution in [0.25, 0.3) is 11.3 Å². The Labute approximate surface area is 135 Å². The number of anilines is 1. The van der Waals surface area contributed by atoms with E-state index in [9.17, 15) is 13.2 Å². The summed E-state index contributed by atoms with van der Waals surface area (Å²) in [6.07, 6.45) is -1.30. The van der Waals surface area contributed by atoms with Crippen molar-refractivity contribution < 1.29 is 17.9 Å². The molecule has 8 heteroatoms. The summed E-state index contributed by atoms with van der Waals surface area (Å²) in [5.41, 5.74) is 0.0261. The lowest BCUT2D eigenvalue weighted by atomic mass is 10.1. The molecule has 1 saturated heterocycles. The fourth-order valence-corrected chi connectivity index (χ4v) is 3.32. The van der Waals surface area contributed by atoms with Gasteiger partial charge in [-0.2, -0.15) is 13.2 Å². The minimum Gasteiger partial charge on any atom is -0.378 e. The van der Waals surface area contributed by atoms with Crippen molar-refractivity contribution >= 4 is 16.5 Å². The van der Waals surface area contributed by atoms with Crippen molar-refractivity contribution in [3.63, 3.8) is 0 Å². The SMILES string of the molecule is CC1CC(Nc2nc(-c3ccnc(C(F)(F)F)c3)cs2)CCO1. The van der Waals surface area contributed by atoms with Gasteiger partial charge in [-0.3, -0.25) is 4.98 Å². The predicted molar refractivity (Wildman–Crippen MR) is 82.4 cm³/mol. The summed E-state index contributed by atoms with van der Waals surface area (Å²) >= 11 is 1.39. The van der Waals surface area contributed by atoms with E-state index in [0.717, 1.165) is 25.1 Å². The van der Waals surface area contributed by atoms with Gasteiger partial charge in [0.1, 0.15) is 5.69 Å². The minimum absolute atomic E-state index is 0.204. The number of ether oxygens (including phenoxy) is 1. The van der Waals surface area contributed by atoms with Crippen molar-refractivity contribution in [1.29, 1.82) is 0 Å². The second-order valence-electron chi connectivity index (χ2n) is 5.51. The molecular formula is C15H16F3N3OS. The number of nitrogens with zero attached hydrogens (tertiary/aromatic N) is 2. The van der Waals surface area contributed by atoms with Crippen LogP contribution in [-0.2, 0) is 10.9 Å². The number of nitrogens with one attached hydrogen (secondary N) is 1. The number of hydrogen-bond acceptors (Lipinski definition) is 5. The summed E-state index contributed by atoms with van der Waals surface area (Å²) in [4.78, 5) is 7.76. The maximum Gasteiger partial charge on any atom is 0.433 e. The molecule has 2 atom stereocenters. The quantitative estimate of drug-likeness (QED) is 0.907. The van der Waals surface area contributed by atoms with Crippen LogP contribution in [-0.4, -0.2) is 28.7 Å². The van der Waals surface area contributed by atoms with Gasteiger partial charge in [0.05, 0.1) is 11.8 Å². The van der Waals surface area contributed by atoms with Crippen molar-refractivity contribution in [2.75, 3.05) is 11.9 Å². The number of rotatable bonds is 3. The third-order valence-corrected chi connectivity index (χ3v) is 4.44. The molecule has 1 aliphatic heterocycles. The Kier molecular flexibility index (Phi) is 4.54. The zero-order chi connectivity index (χ0) is 16.4. The van der Waals surface area contributed by atoms with Crippen molar-refractivity contribution in [3.8, 4) is 11.3 Å². The standard InChI is InChI=1S/C15H16F3N3OS/c1-9-6-11(3-5-22-9)20-14-21-12(8-23-14)10-2-4-19-13(7-10)15(16,17)18/h2,4,7-9,11H,3,5-6H2,1H3,(H,20,21). The van der Waals surface area contributed by atoms with E-state index in [1.165, 1.54) is 17.4 Å². The Morgan fingerprint density at radius 1 is 1.39 bits per heavy atom. The molecule has 0 saturated carbocycles. The molecule has 3 heterocycles. The fourth-order valence-electron chi connectivity index (χ4n) is 2.52. The molecule has 0 aliphatic carbocycles. The van der Waals surface area contributed by atoms with Crippen LogP contribution in [0.3, 0.4) is 0 Å². The highest BCUT2D eigenvalue weighted by atomic mass is 32.1. The molecule has 1 N–H and O–H groups in total. The van der Waals surface area contributed by atoms with Crippen LogP contribution in [0, 0.1) is 0 Å². The van der Waals surface area contributed by atoms with E-state index in [0.29, 0.717) is 23.0 Å². The van der Waals surface area contributed by atoms with Gasteiger partial charge in [-0.15, -0.1) is 11.3 Å². The monoisotopic (exact) mass is 343 g/mol. The summed E-state index contributed by atoms with van der Waals surface area (Å²) in [6, 6.07) is 2.83. The Morgan fingerprint density at radius 2 is 2.22 bits per heavy atom. The molecule has 1 fully saturated rings. The third kappa shape index (κ3) is 4.00. The molecule has 0 radical (unpaired) electrons. The van der Waals surface area contributed by atoms with Gasteiger partial charge < -0.3 is 10.1 Å². The lowest BCUT2D eigenvalue weighted by Crippen LogP contribution is -2.32.